The molecule has 0 spiro atoms. The van der Waals surface area contributed by atoms with Gasteiger partial charge < -0.3 is 11.1 Å². The minimum atomic E-state index is -0.683. The molecule has 0 unspecified atom stereocenters. The molecule has 0 aromatic heterocycles. The number of hydrogen-bond acceptors (Lipinski definition) is 5. The van der Waals surface area contributed by atoms with Crippen molar-refractivity contribution in [1.82, 2.24) is 4.90 Å². The lowest BCUT2D eigenvalue weighted by Gasteiger charge is -2.20. The van der Waals surface area contributed by atoms with Crippen molar-refractivity contribution in [2.75, 3.05) is 18.4 Å². The van der Waals surface area contributed by atoms with Gasteiger partial charge in [-0.15, -0.1) is 0 Å². The number of nitro benzene ring substituents is 1. The van der Waals surface area contributed by atoms with Crippen molar-refractivity contribution >= 4 is 17.3 Å². The smallest absolute Gasteiger partial charge is 0.275 e. The van der Waals surface area contributed by atoms with Crippen LogP contribution in [0.5, 0.6) is 0 Å². The molecule has 2 rings (SSSR count). The largest absolute Gasteiger partial charge is 0.380 e. The number of nitrogens with one attached hydrogen (secondary N) is 1. The summed E-state index contributed by atoms with van der Waals surface area (Å²) in [5, 5.41) is 14.6. The monoisotopic (exact) mass is 356 g/mol. The van der Waals surface area contributed by atoms with E-state index in [-0.39, 0.29) is 17.8 Å². The number of nitrogens with zero attached hydrogens (tertiary/aromatic N) is 2. The molecule has 0 bridgehead atoms. The number of para-hydroxylation sites is 1. The summed E-state index contributed by atoms with van der Waals surface area (Å²) in [6.07, 6.45) is 0. The Labute approximate surface area is 153 Å². The molecule has 1 amide bonds. The highest BCUT2D eigenvalue weighted by atomic mass is 16.6. The van der Waals surface area contributed by atoms with Crippen LogP contribution in [0, 0.1) is 10.1 Å². The Balaban J connectivity index is 2.21. The van der Waals surface area contributed by atoms with Crippen LogP contribution in [0.3, 0.4) is 0 Å². The molecule has 0 fully saturated rings. The molecule has 0 atom stereocenters. The van der Waals surface area contributed by atoms with Crippen molar-refractivity contribution in [2.45, 2.75) is 26.9 Å². The van der Waals surface area contributed by atoms with Gasteiger partial charge in [-0.25, -0.2) is 0 Å². The molecular weight excluding hydrogens is 332 g/mol. The maximum absolute atomic E-state index is 11.3. The fourth-order valence-electron chi connectivity index (χ4n) is 2.75. The van der Waals surface area contributed by atoms with Gasteiger partial charge in [-0.3, -0.25) is 19.8 Å². The zero-order chi connectivity index (χ0) is 19.1. The Bertz CT molecular complexity index is 788. The highest BCUT2D eigenvalue weighted by Crippen LogP contribution is 2.23. The van der Waals surface area contributed by atoms with E-state index in [0.29, 0.717) is 5.56 Å². The first-order valence-corrected chi connectivity index (χ1v) is 8.57. The number of anilines is 1. The summed E-state index contributed by atoms with van der Waals surface area (Å²) in [6, 6.07) is 12.2. The molecule has 0 aliphatic heterocycles. The normalized spacial score (nSPS) is 10.7. The second-order valence-electron chi connectivity index (χ2n) is 5.94. The Morgan fingerprint density at radius 1 is 1.15 bits per heavy atom. The fraction of sp³-hybridized carbons (Fsp3) is 0.316. The average Bonchev–Trinajstić information content (AvgIpc) is 2.64. The van der Waals surface area contributed by atoms with E-state index in [1.54, 1.807) is 6.07 Å². The maximum Gasteiger partial charge on any atom is 0.275 e. The molecule has 2 aromatic rings. The second kappa shape index (κ2) is 8.96. The Morgan fingerprint density at radius 3 is 2.46 bits per heavy atom. The van der Waals surface area contributed by atoms with Gasteiger partial charge in [0.05, 0.1) is 4.92 Å². The fourth-order valence-corrected chi connectivity index (χ4v) is 2.75. The van der Waals surface area contributed by atoms with Crippen LogP contribution in [0.25, 0.3) is 0 Å². The van der Waals surface area contributed by atoms with Crippen molar-refractivity contribution in [3.8, 4) is 0 Å². The number of nitrogens with two attached hydrogens (primary N) is 1. The molecule has 0 saturated heterocycles. The van der Waals surface area contributed by atoms with Crippen LogP contribution in [0.1, 0.15) is 35.3 Å². The average molecular weight is 356 g/mol. The van der Waals surface area contributed by atoms with Gasteiger partial charge in [-0.2, -0.15) is 0 Å². The first-order valence-electron chi connectivity index (χ1n) is 8.57. The van der Waals surface area contributed by atoms with E-state index in [0.717, 1.165) is 30.9 Å². The third-order valence-electron chi connectivity index (χ3n) is 4.34. The Hall–Kier alpha value is -2.93. The van der Waals surface area contributed by atoms with Crippen LogP contribution in [0.2, 0.25) is 0 Å². The number of amides is 1. The molecule has 0 radical (unpaired) electrons. The first kappa shape index (κ1) is 19.4. The Kier molecular flexibility index (Phi) is 6.68. The predicted octanol–water partition coefficient (Wildman–Crippen LogP) is 3.15. The summed E-state index contributed by atoms with van der Waals surface area (Å²) in [7, 11) is 0. The number of benzene rings is 2. The van der Waals surface area contributed by atoms with Gasteiger partial charge in [0.1, 0.15) is 0 Å². The van der Waals surface area contributed by atoms with Gasteiger partial charge in [0, 0.05) is 36.0 Å². The summed E-state index contributed by atoms with van der Waals surface area (Å²) in [4.78, 5) is 24.4. The van der Waals surface area contributed by atoms with Gasteiger partial charge in [0.25, 0.3) is 5.69 Å². The summed E-state index contributed by atoms with van der Waals surface area (Å²) in [5.41, 5.74) is 7.79. The SMILES string of the molecule is CCN(CC)Cc1ccccc1NCc1ccc(C(N)=O)cc1[N+](=O)[O-]. The molecule has 2 aromatic carbocycles. The molecule has 0 aliphatic rings. The van der Waals surface area contributed by atoms with Crippen LogP contribution < -0.4 is 11.1 Å². The van der Waals surface area contributed by atoms with E-state index < -0.39 is 10.8 Å². The molecule has 138 valence electrons. The van der Waals surface area contributed by atoms with E-state index in [4.69, 9.17) is 5.73 Å². The second-order valence-corrected chi connectivity index (χ2v) is 5.94. The van der Waals surface area contributed by atoms with Crippen LogP contribution in [0.4, 0.5) is 11.4 Å². The minimum Gasteiger partial charge on any atom is -0.380 e. The van der Waals surface area contributed by atoms with Crippen LogP contribution >= 0.6 is 0 Å². The highest BCUT2D eigenvalue weighted by molar-refractivity contribution is 5.93. The molecule has 7 nitrogen and oxygen atoms in total. The standard InChI is InChI=1S/C19H24N4O3/c1-3-22(4-2)13-16-7-5-6-8-17(16)21-12-15-10-9-14(19(20)24)11-18(15)23(25)26/h5-11,21H,3-4,12-13H2,1-2H3,(H2,20,24). The number of rotatable bonds is 9. The summed E-state index contributed by atoms with van der Waals surface area (Å²) < 4.78 is 0. The van der Waals surface area contributed by atoms with Gasteiger partial charge in [-0.05, 0) is 36.9 Å². The van der Waals surface area contributed by atoms with Crippen LogP contribution in [-0.2, 0) is 13.1 Å². The van der Waals surface area contributed by atoms with E-state index in [1.807, 2.05) is 24.3 Å². The molecule has 26 heavy (non-hydrogen) atoms. The zero-order valence-electron chi connectivity index (χ0n) is 15.1. The minimum absolute atomic E-state index is 0.116. The summed E-state index contributed by atoms with van der Waals surface area (Å²) >= 11 is 0. The van der Waals surface area contributed by atoms with E-state index in [2.05, 4.69) is 24.1 Å². The van der Waals surface area contributed by atoms with Crippen molar-refractivity contribution in [3.05, 3.63) is 69.3 Å². The van der Waals surface area contributed by atoms with Crippen molar-refractivity contribution in [3.63, 3.8) is 0 Å². The maximum atomic E-state index is 11.3. The van der Waals surface area contributed by atoms with Gasteiger partial charge in [0.15, 0.2) is 0 Å². The molecule has 7 heteroatoms. The third kappa shape index (κ3) is 4.80. The number of carbonyl (C=O) groups excluding carboxylic acids is 1. The quantitative estimate of drug-likeness (QED) is 0.531. The van der Waals surface area contributed by atoms with Gasteiger partial charge in [-0.1, -0.05) is 32.0 Å². The first-order chi connectivity index (χ1) is 12.5. The predicted molar refractivity (Wildman–Crippen MR) is 102 cm³/mol. The lowest BCUT2D eigenvalue weighted by molar-refractivity contribution is -0.385. The summed E-state index contributed by atoms with van der Waals surface area (Å²) in [6.45, 7) is 7.21. The highest BCUT2D eigenvalue weighted by Gasteiger charge is 2.16. The number of hydrogen-bond donors (Lipinski definition) is 2. The van der Waals surface area contributed by atoms with Crippen molar-refractivity contribution < 1.29 is 9.72 Å². The van der Waals surface area contributed by atoms with E-state index in [9.17, 15) is 14.9 Å². The molecule has 3 N–H and O–H groups in total. The molecular formula is C19H24N4O3. The van der Waals surface area contributed by atoms with E-state index >= 15 is 0 Å². The lowest BCUT2D eigenvalue weighted by atomic mass is 10.1. The number of primary amides is 1. The lowest BCUT2D eigenvalue weighted by Crippen LogP contribution is -2.22. The topological polar surface area (TPSA) is 102 Å². The van der Waals surface area contributed by atoms with Crippen molar-refractivity contribution in [2.24, 2.45) is 5.73 Å². The van der Waals surface area contributed by atoms with Crippen LogP contribution in [-0.4, -0.2) is 28.8 Å². The van der Waals surface area contributed by atoms with Crippen molar-refractivity contribution in [1.29, 1.82) is 0 Å². The van der Waals surface area contributed by atoms with E-state index in [1.165, 1.54) is 12.1 Å². The molecule has 0 heterocycles. The molecule has 0 saturated carbocycles. The van der Waals surface area contributed by atoms with Gasteiger partial charge in [0.2, 0.25) is 5.91 Å². The van der Waals surface area contributed by atoms with Crippen LogP contribution in [0.15, 0.2) is 42.5 Å². The number of carbonyl (C=O) groups is 1. The van der Waals surface area contributed by atoms with Gasteiger partial charge >= 0.3 is 0 Å². The summed E-state index contributed by atoms with van der Waals surface area (Å²) in [5.74, 6) is -0.683. The number of nitro groups is 1. The third-order valence-corrected chi connectivity index (χ3v) is 4.34. The zero-order valence-corrected chi connectivity index (χ0v) is 15.1. The molecule has 0 aliphatic carbocycles. The Morgan fingerprint density at radius 2 is 1.85 bits per heavy atom.